The predicted octanol–water partition coefficient (Wildman–Crippen LogP) is 6.13. The molecule has 8 heteroatoms. The number of para-hydroxylation sites is 1. The summed E-state index contributed by atoms with van der Waals surface area (Å²) in [6, 6.07) is 20.6. The van der Waals surface area contributed by atoms with Crippen molar-refractivity contribution in [3.63, 3.8) is 0 Å². The Morgan fingerprint density at radius 2 is 1.78 bits per heavy atom. The van der Waals surface area contributed by atoms with E-state index in [1.54, 1.807) is 23.1 Å². The van der Waals surface area contributed by atoms with Gasteiger partial charge in [0.25, 0.3) is 11.8 Å². The van der Waals surface area contributed by atoms with Crippen molar-refractivity contribution in [1.82, 2.24) is 0 Å². The van der Waals surface area contributed by atoms with Crippen molar-refractivity contribution >= 4 is 57.6 Å². The fourth-order valence-corrected chi connectivity index (χ4v) is 4.88. The smallest absolute Gasteiger partial charge is 0.270 e. The van der Waals surface area contributed by atoms with Crippen LogP contribution >= 0.6 is 24.0 Å². The van der Waals surface area contributed by atoms with Gasteiger partial charge in [0, 0.05) is 5.69 Å². The van der Waals surface area contributed by atoms with Crippen LogP contribution in [0.4, 0.5) is 11.4 Å². The molecule has 3 aromatic rings. The molecule has 0 radical (unpaired) electrons. The van der Waals surface area contributed by atoms with E-state index in [0.717, 1.165) is 28.1 Å². The molecule has 2 amide bonds. The molecule has 1 aliphatic rings. The van der Waals surface area contributed by atoms with E-state index in [9.17, 15) is 9.59 Å². The van der Waals surface area contributed by atoms with Crippen LogP contribution in [0, 0.1) is 13.8 Å². The zero-order chi connectivity index (χ0) is 25.7. The zero-order valence-electron chi connectivity index (χ0n) is 20.2. The average molecular weight is 519 g/mol. The van der Waals surface area contributed by atoms with Gasteiger partial charge in [-0.15, -0.1) is 0 Å². The number of ether oxygens (including phenoxy) is 2. The largest absolute Gasteiger partial charge is 0.490 e. The molecule has 36 heavy (non-hydrogen) atoms. The first kappa shape index (κ1) is 25.5. The Morgan fingerprint density at radius 1 is 1.03 bits per heavy atom. The molecular weight excluding hydrogens is 492 g/mol. The molecule has 1 N–H and O–H groups in total. The van der Waals surface area contributed by atoms with Gasteiger partial charge < -0.3 is 14.8 Å². The third-order valence-electron chi connectivity index (χ3n) is 5.43. The van der Waals surface area contributed by atoms with Crippen LogP contribution in [0.5, 0.6) is 11.5 Å². The summed E-state index contributed by atoms with van der Waals surface area (Å²) in [7, 11) is 0. The number of aryl methyl sites for hydroxylation is 2. The molecule has 1 heterocycles. The molecule has 1 aliphatic heterocycles. The normalized spacial score (nSPS) is 14.3. The summed E-state index contributed by atoms with van der Waals surface area (Å²) in [6.07, 6.45) is 1.78. The van der Waals surface area contributed by atoms with Crippen molar-refractivity contribution in [2.45, 2.75) is 20.8 Å². The minimum absolute atomic E-state index is 0.164. The molecule has 0 unspecified atom stereocenters. The highest BCUT2D eigenvalue weighted by molar-refractivity contribution is 8.27. The van der Waals surface area contributed by atoms with Gasteiger partial charge in [-0.25, -0.2) is 0 Å². The van der Waals surface area contributed by atoms with Gasteiger partial charge >= 0.3 is 0 Å². The van der Waals surface area contributed by atoms with Gasteiger partial charge in [0.1, 0.15) is 0 Å². The molecule has 0 spiro atoms. The van der Waals surface area contributed by atoms with E-state index in [2.05, 4.69) is 5.32 Å². The fourth-order valence-electron chi connectivity index (χ4n) is 3.58. The minimum atomic E-state index is -0.268. The van der Waals surface area contributed by atoms with E-state index in [1.807, 2.05) is 75.4 Å². The highest BCUT2D eigenvalue weighted by Crippen LogP contribution is 2.37. The summed E-state index contributed by atoms with van der Waals surface area (Å²) >= 11 is 6.73. The second-order valence-corrected chi connectivity index (χ2v) is 9.82. The summed E-state index contributed by atoms with van der Waals surface area (Å²) in [5, 5.41) is 2.85. The SMILES string of the molecule is CCOc1cc(/C=C2\SC(=S)N(c3ccc(C)cc3)C2=O)ccc1OCC(=O)Nc1ccccc1C. The van der Waals surface area contributed by atoms with Crippen molar-refractivity contribution in [3.05, 3.63) is 88.3 Å². The standard InChI is InChI=1S/C28H26N2O4S2/c1-4-33-24-15-20(11-14-23(24)34-17-26(31)29-22-8-6-5-7-19(22)3)16-25-27(32)30(28(35)36-25)21-12-9-18(2)10-13-21/h5-16H,4,17H2,1-3H3,(H,29,31)/b25-16-. The molecule has 3 aromatic carbocycles. The van der Waals surface area contributed by atoms with Crippen molar-refractivity contribution in [1.29, 1.82) is 0 Å². The first-order valence-electron chi connectivity index (χ1n) is 11.5. The highest BCUT2D eigenvalue weighted by atomic mass is 32.2. The Morgan fingerprint density at radius 3 is 2.50 bits per heavy atom. The summed E-state index contributed by atoms with van der Waals surface area (Å²) in [4.78, 5) is 27.5. The Hall–Kier alpha value is -3.62. The number of anilines is 2. The lowest BCUT2D eigenvalue weighted by atomic mass is 10.1. The lowest BCUT2D eigenvalue weighted by molar-refractivity contribution is -0.118. The lowest BCUT2D eigenvalue weighted by Gasteiger charge is -2.14. The number of hydrogen-bond donors (Lipinski definition) is 1. The molecule has 0 aliphatic carbocycles. The van der Waals surface area contributed by atoms with E-state index in [-0.39, 0.29) is 18.4 Å². The maximum Gasteiger partial charge on any atom is 0.270 e. The van der Waals surface area contributed by atoms with Gasteiger partial charge in [0.2, 0.25) is 0 Å². The number of amides is 2. The Labute approximate surface area is 220 Å². The Kier molecular flexibility index (Phi) is 8.07. The van der Waals surface area contributed by atoms with E-state index in [4.69, 9.17) is 21.7 Å². The third kappa shape index (κ3) is 5.95. The predicted molar refractivity (Wildman–Crippen MR) is 150 cm³/mol. The van der Waals surface area contributed by atoms with Gasteiger partial charge in [-0.3, -0.25) is 14.5 Å². The zero-order valence-corrected chi connectivity index (χ0v) is 21.9. The maximum absolute atomic E-state index is 13.1. The first-order chi connectivity index (χ1) is 17.4. The molecule has 0 atom stereocenters. The topological polar surface area (TPSA) is 67.9 Å². The molecule has 6 nitrogen and oxygen atoms in total. The molecule has 1 fully saturated rings. The number of nitrogens with one attached hydrogen (secondary N) is 1. The first-order valence-corrected chi connectivity index (χ1v) is 12.7. The van der Waals surface area contributed by atoms with Gasteiger partial charge in [-0.1, -0.05) is 65.9 Å². The van der Waals surface area contributed by atoms with Gasteiger partial charge in [-0.05, 0) is 68.3 Å². The Balaban J connectivity index is 1.48. The van der Waals surface area contributed by atoms with Crippen LogP contribution in [0.15, 0.2) is 71.6 Å². The van der Waals surface area contributed by atoms with Crippen LogP contribution in [0.2, 0.25) is 0 Å². The molecular formula is C28H26N2O4S2. The summed E-state index contributed by atoms with van der Waals surface area (Å²) in [5.74, 6) is 0.501. The number of carbonyl (C=O) groups excluding carboxylic acids is 2. The van der Waals surface area contributed by atoms with Crippen molar-refractivity contribution < 1.29 is 19.1 Å². The van der Waals surface area contributed by atoms with Crippen LogP contribution in [0.1, 0.15) is 23.6 Å². The Bertz CT molecular complexity index is 1340. The third-order valence-corrected chi connectivity index (χ3v) is 6.73. The summed E-state index contributed by atoms with van der Waals surface area (Å²) in [5.41, 5.74) is 4.33. The van der Waals surface area contributed by atoms with Crippen LogP contribution in [0.25, 0.3) is 6.08 Å². The maximum atomic E-state index is 13.1. The molecule has 4 rings (SSSR count). The number of thioether (sulfide) groups is 1. The quantitative estimate of drug-likeness (QED) is 0.286. The van der Waals surface area contributed by atoms with Crippen LogP contribution < -0.4 is 19.7 Å². The van der Waals surface area contributed by atoms with Crippen LogP contribution in [-0.4, -0.2) is 29.3 Å². The van der Waals surface area contributed by atoms with Crippen molar-refractivity contribution in [3.8, 4) is 11.5 Å². The minimum Gasteiger partial charge on any atom is -0.490 e. The lowest BCUT2D eigenvalue weighted by Crippen LogP contribution is -2.27. The second-order valence-electron chi connectivity index (χ2n) is 8.14. The molecule has 0 saturated carbocycles. The van der Waals surface area contributed by atoms with Gasteiger partial charge in [0.05, 0.1) is 17.2 Å². The summed E-state index contributed by atoms with van der Waals surface area (Å²) < 4.78 is 12.0. The van der Waals surface area contributed by atoms with Crippen molar-refractivity contribution in [2.75, 3.05) is 23.4 Å². The number of rotatable bonds is 8. The van der Waals surface area contributed by atoms with Gasteiger partial charge in [0.15, 0.2) is 22.4 Å². The number of nitrogens with zero attached hydrogens (tertiary/aromatic N) is 1. The highest BCUT2D eigenvalue weighted by Gasteiger charge is 2.33. The van der Waals surface area contributed by atoms with Crippen molar-refractivity contribution in [2.24, 2.45) is 0 Å². The average Bonchev–Trinajstić information content (AvgIpc) is 3.13. The van der Waals surface area contributed by atoms with E-state index in [0.29, 0.717) is 27.3 Å². The summed E-state index contributed by atoms with van der Waals surface area (Å²) in [6.45, 7) is 6.05. The number of hydrogen-bond acceptors (Lipinski definition) is 6. The number of thiocarbonyl (C=S) groups is 1. The van der Waals surface area contributed by atoms with E-state index in [1.165, 1.54) is 11.8 Å². The monoisotopic (exact) mass is 518 g/mol. The number of carbonyl (C=O) groups is 2. The fraction of sp³-hybridized carbons (Fsp3) is 0.179. The van der Waals surface area contributed by atoms with E-state index >= 15 is 0 Å². The number of benzene rings is 3. The van der Waals surface area contributed by atoms with E-state index < -0.39 is 0 Å². The molecule has 0 aromatic heterocycles. The molecule has 184 valence electrons. The van der Waals surface area contributed by atoms with Gasteiger partial charge in [-0.2, -0.15) is 0 Å². The molecule has 0 bridgehead atoms. The van der Waals surface area contributed by atoms with Crippen LogP contribution in [0.3, 0.4) is 0 Å². The molecule has 1 saturated heterocycles. The second kappa shape index (κ2) is 11.4. The van der Waals surface area contributed by atoms with Crippen LogP contribution in [-0.2, 0) is 9.59 Å².